The monoisotopic (exact) mass is 280 g/mol. The summed E-state index contributed by atoms with van der Waals surface area (Å²) in [6.07, 6.45) is 23.4. The molecule has 0 spiro atoms. The average molecular weight is 280 g/mol. The number of epoxide rings is 1. The number of allylic oxidation sites excluding steroid dienone is 1. The standard InChI is InChI=1S/C19H36O/c1-3-5-7-9-10-11-13-15-17-19-18(20-19)16-14-12-8-6-4-2/h15,17-19H,3-14,16H2,1-2H3/b17-15-/t18-,19+/m1/s1. The van der Waals surface area contributed by atoms with Crippen LogP contribution in [0, 0.1) is 0 Å². The predicted molar refractivity (Wildman–Crippen MR) is 89.2 cm³/mol. The summed E-state index contributed by atoms with van der Waals surface area (Å²) in [7, 11) is 0. The first-order valence-electron chi connectivity index (χ1n) is 9.20. The molecule has 1 heteroatoms. The Morgan fingerprint density at radius 3 is 2.05 bits per heavy atom. The van der Waals surface area contributed by atoms with E-state index in [0.29, 0.717) is 12.2 Å². The second-order valence-electron chi connectivity index (χ2n) is 6.33. The molecule has 0 aromatic heterocycles. The highest BCUT2D eigenvalue weighted by Gasteiger charge is 2.35. The molecule has 1 fully saturated rings. The molecular formula is C19H36O. The predicted octanol–water partition coefficient (Wildman–Crippen LogP) is 6.42. The Bertz CT molecular complexity index is 234. The van der Waals surface area contributed by atoms with Gasteiger partial charge in [-0.15, -0.1) is 0 Å². The molecule has 20 heavy (non-hydrogen) atoms. The van der Waals surface area contributed by atoms with Crippen LogP contribution in [0.3, 0.4) is 0 Å². The van der Waals surface area contributed by atoms with Crippen molar-refractivity contribution in [2.45, 2.75) is 110 Å². The molecule has 1 heterocycles. The minimum atomic E-state index is 0.460. The van der Waals surface area contributed by atoms with E-state index in [0.717, 1.165) is 0 Å². The highest BCUT2D eigenvalue weighted by Crippen LogP contribution is 2.28. The van der Waals surface area contributed by atoms with Crippen molar-refractivity contribution in [3.63, 3.8) is 0 Å². The van der Waals surface area contributed by atoms with Crippen molar-refractivity contribution in [1.29, 1.82) is 0 Å². The first kappa shape index (κ1) is 17.8. The maximum Gasteiger partial charge on any atom is 0.102 e. The zero-order valence-corrected chi connectivity index (χ0v) is 13.9. The Kier molecular flexibility index (Phi) is 11.0. The molecule has 0 N–H and O–H groups in total. The second-order valence-corrected chi connectivity index (χ2v) is 6.33. The largest absolute Gasteiger partial charge is 0.365 e. The van der Waals surface area contributed by atoms with Crippen LogP contribution >= 0.6 is 0 Å². The van der Waals surface area contributed by atoms with Crippen molar-refractivity contribution in [3.8, 4) is 0 Å². The molecule has 118 valence electrons. The summed E-state index contributed by atoms with van der Waals surface area (Å²) >= 11 is 0. The van der Waals surface area contributed by atoms with Gasteiger partial charge in [-0.05, 0) is 19.3 Å². The highest BCUT2D eigenvalue weighted by molar-refractivity contribution is 5.02. The molecule has 0 bridgehead atoms. The molecule has 1 aliphatic rings. The highest BCUT2D eigenvalue weighted by atomic mass is 16.6. The number of hydrogen-bond donors (Lipinski definition) is 0. The van der Waals surface area contributed by atoms with Gasteiger partial charge in [-0.25, -0.2) is 0 Å². The molecule has 1 aliphatic heterocycles. The van der Waals surface area contributed by atoms with E-state index in [2.05, 4.69) is 26.0 Å². The van der Waals surface area contributed by atoms with E-state index in [9.17, 15) is 0 Å². The van der Waals surface area contributed by atoms with Gasteiger partial charge in [-0.1, -0.05) is 90.2 Å². The summed E-state index contributed by atoms with van der Waals surface area (Å²) in [6.45, 7) is 4.55. The van der Waals surface area contributed by atoms with Crippen molar-refractivity contribution in [3.05, 3.63) is 12.2 Å². The number of unbranched alkanes of at least 4 members (excludes halogenated alkanes) is 10. The molecule has 0 aromatic rings. The van der Waals surface area contributed by atoms with Gasteiger partial charge in [0.05, 0.1) is 6.10 Å². The quantitative estimate of drug-likeness (QED) is 0.203. The first-order valence-corrected chi connectivity index (χ1v) is 9.20. The van der Waals surface area contributed by atoms with Crippen LogP contribution in [0.5, 0.6) is 0 Å². The fraction of sp³-hybridized carbons (Fsp3) is 0.895. The van der Waals surface area contributed by atoms with E-state index in [1.807, 2.05) is 0 Å². The van der Waals surface area contributed by atoms with Crippen LogP contribution < -0.4 is 0 Å². The normalized spacial score (nSPS) is 21.7. The minimum Gasteiger partial charge on any atom is -0.365 e. The molecule has 0 aromatic carbocycles. The Balaban J connectivity index is 1.82. The Morgan fingerprint density at radius 2 is 1.35 bits per heavy atom. The van der Waals surface area contributed by atoms with Crippen LogP contribution in [0.2, 0.25) is 0 Å². The molecule has 0 unspecified atom stereocenters. The summed E-state index contributed by atoms with van der Waals surface area (Å²) in [4.78, 5) is 0. The molecule has 0 saturated carbocycles. The average Bonchev–Trinajstić information content (AvgIpc) is 3.20. The fourth-order valence-electron chi connectivity index (χ4n) is 2.78. The van der Waals surface area contributed by atoms with E-state index >= 15 is 0 Å². The van der Waals surface area contributed by atoms with Crippen LogP contribution in [0.25, 0.3) is 0 Å². The fourth-order valence-corrected chi connectivity index (χ4v) is 2.78. The Morgan fingerprint density at radius 1 is 0.750 bits per heavy atom. The van der Waals surface area contributed by atoms with E-state index in [1.165, 1.54) is 83.5 Å². The third-order valence-corrected chi connectivity index (χ3v) is 4.26. The number of ether oxygens (including phenoxy) is 1. The zero-order chi connectivity index (χ0) is 14.5. The van der Waals surface area contributed by atoms with Gasteiger partial charge in [0.25, 0.3) is 0 Å². The van der Waals surface area contributed by atoms with Gasteiger partial charge in [-0.3, -0.25) is 0 Å². The van der Waals surface area contributed by atoms with Crippen LogP contribution in [-0.4, -0.2) is 12.2 Å². The van der Waals surface area contributed by atoms with Crippen molar-refractivity contribution < 1.29 is 4.74 Å². The molecule has 1 nitrogen and oxygen atoms in total. The molecule has 0 amide bonds. The van der Waals surface area contributed by atoms with Gasteiger partial charge in [0.2, 0.25) is 0 Å². The summed E-state index contributed by atoms with van der Waals surface area (Å²) in [6, 6.07) is 0. The topological polar surface area (TPSA) is 12.5 Å². The maximum atomic E-state index is 5.70. The van der Waals surface area contributed by atoms with Gasteiger partial charge in [-0.2, -0.15) is 0 Å². The lowest BCUT2D eigenvalue weighted by molar-refractivity contribution is 0.372. The van der Waals surface area contributed by atoms with Crippen LogP contribution in [0.1, 0.15) is 97.3 Å². The summed E-state index contributed by atoms with van der Waals surface area (Å²) < 4.78 is 5.70. The van der Waals surface area contributed by atoms with Crippen molar-refractivity contribution in [2.75, 3.05) is 0 Å². The van der Waals surface area contributed by atoms with Crippen molar-refractivity contribution >= 4 is 0 Å². The lowest BCUT2D eigenvalue weighted by Gasteiger charge is -1.97. The van der Waals surface area contributed by atoms with Crippen molar-refractivity contribution in [2.24, 2.45) is 0 Å². The summed E-state index contributed by atoms with van der Waals surface area (Å²) in [5, 5.41) is 0. The van der Waals surface area contributed by atoms with Gasteiger partial charge < -0.3 is 4.74 Å². The van der Waals surface area contributed by atoms with Crippen LogP contribution in [0.4, 0.5) is 0 Å². The van der Waals surface area contributed by atoms with Gasteiger partial charge in [0.15, 0.2) is 0 Å². The van der Waals surface area contributed by atoms with E-state index < -0.39 is 0 Å². The molecule has 1 saturated heterocycles. The smallest absolute Gasteiger partial charge is 0.102 e. The molecule has 0 aliphatic carbocycles. The zero-order valence-electron chi connectivity index (χ0n) is 13.9. The van der Waals surface area contributed by atoms with Gasteiger partial charge >= 0.3 is 0 Å². The Hall–Kier alpha value is -0.300. The van der Waals surface area contributed by atoms with Crippen LogP contribution in [-0.2, 0) is 4.74 Å². The third kappa shape index (κ3) is 9.58. The number of rotatable bonds is 14. The van der Waals surface area contributed by atoms with E-state index in [1.54, 1.807) is 0 Å². The van der Waals surface area contributed by atoms with Gasteiger partial charge in [0, 0.05) is 0 Å². The lowest BCUT2D eigenvalue weighted by Crippen LogP contribution is -1.91. The Labute approximate surface area is 127 Å². The van der Waals surface area contributed by atoms with Crippen molar-refractivity contribution in [1.82, 2.24) is 0 Å². The summed E-state index contributed by atoms with van der Waals surface area (Å²) in [5.74, 6) is 0. The third-order valence-electron chi connectivity index (χ3n) is 4.26. The van der Waals surface area contributed by atoms with Crippen LogP contribution in [0.15, 0.2) is 12.2 Å². The molecular weight excluding hydrogens is 244 g/mol. The van der Waals surface area contributed by atoms with E-state index in [-0.39, 0.29) is 0 Å². The second kappa shape index (κ2) is 12.4. The first-order chi connectivity index (χ1) is 9.88. The maximum absolute atomic E-state index is 5.70. The molecule has 0 radical (unpaired) electrons. The SMILES string of the molecule is CCCCCCCC/C=C\[C@@H]1O[C@@H]1CCCCCCC. The molecule has 1 rings (SSSR count). The molecule has 2 atom stereocenters. The van der Waals surface area contributed by atoms with Gasteiger partial charge in [0.1, 0.15) is 6.10 Å². The van der Waals surface area contributed by atoms with E-state index in [4.69, 9.17) is 4.74 Å². The number of hydrogen-bond acceptors (Lipinski definition) is 1. The lowest BCUT2D eigenvalue weighted by atomic mass is 10.1. The summed E-state index contributed by atoms with van der Waals surface area (Å²) in [5.41, 5.74) is 0. The minimum absolute atomic E-state index is 0.460.